The summed E-state index contributed by atoms with van der Waals surface area (Å²) >= 11 is 12.0. The van der Waals surface area contributed by atoms with E-state index in [9.17, 15) is 39.0 Å². The van der Waals surface area contributed by atoms with Crippen LogP contribution in [0.2, 0.25) is 10.0 Å². The third-order valence-corrected chi connectivity index (χ3v) is 5.96. The fourth-order valence-corrected chi connectivity index (χ4v) is 3.81. The molecule has 0 saturated carbocycles. The smallest absolute Gasteiger partial charge is 0.196 e. The molecule has 0 unspecified atom stereocenters. The molecule has 0 bridgehead atoms. The van der Waals surface area contributed by atoms with Crippen molar-refractivity contribution < 1.29 is 39.0 Å². The summed E-state index contributed by atoms with van der Waals surface area (Å²) in [6.07, 6.45) is 4.11. The molecule has 0 aliphatic rings. The van der Waals surface area contributed by atoms with Crippen molar-refractivity contribution in [3.8, 4) is 11.5 Å². The summed E-state index contributed by atoms with van der Waals surface area (Å²) in [6, 6.07) is 7.38. The van der Waals surface area contributed by atoms with E-state index in [0.29, 0.717) is 0 Å². The number of carbonyl (C=O) groups is 6. The predicted octanol–water partition coefficient (Wildman–Crippen LogP) is 5.53. The van der Waals surface area contributed by atoms with Gasteiger partial charge < -0.3 is 10.2 Å². The Morgan fingerprint density at radius 2 is 0.875 bits per heavy atom. The van der Waals surface area contributed by atoms with Gasteiger partial charge in [-0.25, -0.2) is 0 Å². The molecule has 0 saturated heterocycles. The monoisotopic (exact) mass is 582 g/mol. The van der Waals surface area contributed by atoms with E-state index in [-0.39, 0.29) is 43.5 Å². The zero-order valence-corrected chi connectivity index (χ0v) is 23.4. The first kappa shape index (κ1) is 31.8. The van der Waals surface area contributed by atoms with Crippen molar-refractivity contribution in [1.29, 1.82) is 0 Å². The molecule has 0 aliphatic heterocycles. The first-order chi connectivity index (χ1) is 18.6. The maximum Gasteiger partial charge on any atom is 0.196 e. The lowest BCUT2D eigenvalue weighted by molar-refractivity contribution is -0.120. The van der Waals surface area contributed by atoms with Crippen molar-refractivity contribution in [2.24, 2.45) is 0 Å². The summed E-state index contributed by atoms with van der Waals surface area (Å²) in [4.78, 5) is 75.3. The Labute approximate surface area is 239 Å². The van der Waals surface area contributed by atoms with E-state index in [1.807, 2.05) is 0 Å². The Morgan fingerprint density at radius 3 is 1.15 bits per heavy atom. The number of hydrogen-bond donors (Lipinski definition) is 2. The Balaban J connectivity index is 2.94. The lowest BCUT2D eigenvalue weighted by Gasteiger charge is -2.09. The van der Waals surface area contributed by atoms with Gasteiger partial charge in [0.25, 0.3) is 0 Å². The molecule has 0 aliphatic carbocycles. The van der Waals surface area contributed by atoms with Gasteiger partial charge in [0.15, 0.2) is 34.7 Å². The third-order valence-electron chi connectivity index (χ3n) is 5.49. The number of carbonyl (C=O) groups excluding carboxylic acids is 6. The van der Waals surface area contributed by atoms with Crippen molar-refractivity contribution >= 4 is 57.9 Å². The Bertz CT molecular complexity index is 1420. The number of aromatic hydroxyl groups is 2. The molecule has 10 heteroatoms. The normalized spacial score (nSPS) is 11.3. The quantitative estimate of drug-likeness (QED) is 0.116. The number of Topliss-reactive ketones (excluding diaryl/α,β-unsaturated/α-hetero) is 6. The zero-order chi connectivity index (χ0) is 30.3. The Kier molecular flexibility index (Phi) is 10.8. The van der Waals surface area contributed by atoms with Crippen LogP contribution in [0, 0.1) is 0 Å². The summed E-state index contributed by atoms with van der Waals surface area (Å²) in [5, 5.41) is 20.8. The molecule has 0 radical (unpaired) electrons. The van der Waals surface area contributed by atoms with Crippen LogP contribution < -0.4 is 0 Å². The highest BCUT2D eigenvalue weighted by Crippen LogP contribution is 2.27. The SMILES string of the molecule is CC(=O)C(=C/C(=C\C=C(/C=C(C(C)=O)C(C)=O)C(=O)c1cc(Cl)ccc1O)C(=O)c1cc(Cl)ccc1O)C(C)=O. The van der Waals surface area contributed by atoms with Gasteiger partial charge in [-0.3, -0.25) is 28.8 Å². The molecule has 0 spiro atoms. The van der Waals surface area contributed by atoms with Crippen molar-refractivity contribution in [1.82, 2.24) is 0 Å². The molecule has 0 atom stereocenters. The van der Waals surface area contributed by atoms with E-state index in [0.717, 1.165) is 52.0 Å². The first-order valence-corrected chi connectivity index (χ1v) is 12.3. The van der Waals surface area contributed by atoms with E-state index in [2.05, 4.69) is 0 Å². The molecule has 2 aromatic rings. The maximum atomic E-state index is 13.4. The molecule has 2 N–H and O–H groups in total. The molecule has 2 aromatic carbocycles. The molecule has 0 amide bonds. The van der Waals surface area contributed by atoms with Crippen LogP contribution in [0.5, 0.6) is 11.5 Å². The van der Waals surface area contributed by atoms with Gasteiger partial charge in [-0.2, -0.15) is 0 Å². The van der Waals surface area contributed by atoms with Crippen molar-refractivity contribution in [3.63, 3.8) is 0 Å². The highest BCUT2D eigenvalue weighted by Gasteiger charge is 2.21. The van der Waals surface area contributed by atoms with E-state index in [4.69, 9.17) is 23.2 Å². The van der Waals surface area contributed by atoms with E-state index in [1.165, 1.54) is 36.4 Å². The molecule has 2 rings (SSSR count). The largest absolute Gasteiger partial charge is 0.507 e. The van der Waals surface area contributed by atoms with Crippen LogP contribution in [0.1, 0.15) is 48.4 Å². The van der Waals surface area contributed by atoms with Gasteiger partial charge in [0.05, 0.1) is 22.3 Å². The summed E-state index contributed by atoms with van der Waals surface area (Å²) in [6.45, 7) is 4.47. The van der Waals surface area contributed by atoms with E-state index < -0.39 is 46.2 Å². The average molecular weight is 583 g/mol. The number of allylic oxidation sites excluding steroid dienone is 8. The van der Waals surface area contributed by atoms with Gasteiger partial charge in [-0.15, -0.1) is 0 Å². The van der Waals surface area contributed by atoms with Crippen LogP contribution in [0.3, 0.4) is 0 Å². The van der Waals surface area contributed by atoms with Crippen molar-refractivity contribution in [2.45, 2.75) is 27.7 Å². The second kappa shape index (κ2) is 13.6. The first-order valence-electron chi connectivity index (χ1n) is 11.6. The second-order valence-electron chi connectivity index (χ2n) is 8.57. The van der Waals surface area contributed by atoms with Crippen molar-refractivity contribution in [2.75, 3.05) is 0 Å². The van der Waals surface area contributed by atoms with E-state index in [1.54, 1.807) is 0 Å². The van der Waals surface area contributed by atoms with Crippen LogP contribution in [-0.2, 0) is 19.2 Å². The molecule has 206 valence electrons. The fraction of sp³-hybridized carbons (Fsp3) is 0.133. The van der Waals surface area contributed by atoms with Gasteiger partial charge in [0.2, 0.25) is 0 Å². The number of benzene rings is 2. The van der Waals surface area contributed by atoms with Gasteiger partial charge in [0, 0.05) is 21.2 Å². The molecule has 8 nitrogen and oxygen atoms in total. The predicted molar refractivity (Wildman–Crippen MR) is 150 cm³/mol. The second-order valence-corrected chi connectivity index (χ2v) is 9.44. The van der Waals surface area contributed by atoms with Crippen LogP contribution in [-0.4, -0.2) is 44.9 Å². The minimum absolute atomic E-state index is 0.112. The lowest BCUT2D eigenvalue weighted by atomic mass is 9.94. The lowest BCUT2D eigenvalue weighted by Crippen LogP contribution is -2.11. The van der Waals surface area contributed by atoms with Crippen LogP contribution >= 0.6 is 23.2 Å². The summed E-state index contributed by atoms with van der Waals surface area (Å²) < 4.78 is 0. The number of phenols is 2. The minimum atomic E-state index is -0.865. The molecule has 0 aromatic heterocycles. The number of ketones is 6. The van der Waals surface area contributed by atoms with Crippen LogP contribution in [0.25, 0.3) is 0 Å². The number of phenolic OH excluding ortho intramolecular Hbond substituents is 2. The number of halogens is 2. The van der Waals surface area contributed by atoms with Gasteiger partial charge in [-0.05, 0) is 76.2 Å². The van der Waals surface area contributed by atoms with Gasteiger partial charge in [-0.1, -0.05) is 35.4 Å². The van der Waals surface area contributed by atoms with Gasteiger partial charge in [0.1, 0.15) is 11.5 Å². The third kappa shape index (κ3) is 8.05. The average Bonchev–Trinajstić information content (AvgIpc) is 2.86. The molecule has 40 heavy (non-hydrogen) atoms. The van der Waals surface area contributed by atoms with Gasteiger partial charge >= 0.3 is 0 Å². The molecule has 0 fully saturated rings. The number of rotatable bonds is 11. The van der Waals surface area contributed by atoms with Crippen LogP contribution in [0.4, 0.5) is 0 Å². The van der Waals surface area contributed by atoms with Crippen LogP contribution in [0.15, 0.2) is 83.0 Å². The zero-order valence-electron chi connectivity index (χ0n) is 21.9. The summed E-state index contributed by atoms with van der Waals surface area (Å²) in [5.41, 5.74) is -1.87. The fourth-order valence-electron chi connectivity index (χ4n) is 3.46. The summed E-state index contributed by atoms with van der Waals surface area (Å²) in [5.74, 6) is -5.23. The Hall–Kier alpha value is -4.40. The van der Waals surface area contributed by atoms with E-state index >= 15 is 0 Å². The molecular formula is C30H24Cl2O8. The summed E-state index contributed by atoms with van der Waals surface area (Å²) in [7, 11) is 0. The maximum absolute atomic E-state index is 13.4. The van der Waals surface area contributed by atoms with Crippen molar-refractivity contribution in [3.05, 3.63) is 104 Å². The highest BCUT2D eigenvalue weighted by molar-refractivity contribution is 6.32. The standard InChI is InChI=1S/C30H24Cl2O8/c1-15(33)23(16(2)34)11-19(29(39)25-13-21(31)7-9-27(25)37)5-6-20(12-24(17(3)35)18(4)36)30(40)26-14-22(32)8-10-28(26)38/h5-14,37-38H,1-4H3/b19-5+,20-6+. The topological polar surface area (TPSA) is 143 Å². The Morgan fingerprint density at radius 1 is 0.575 bits per heavy atom. The number of hydrogen-bond acceptors (Lipinski definition) is 8. The molecular weight excluding hydrogens is 559 g/mol. The molecule has 0 heterocycles. The minimum Gasteiger partial charge on any atom is -0.507 e. The highest BCUT2D eigenvalue weighted by atomic mass is 35.5.